The van der Waals surface area contributed by atoms with Crippen LogP contribution in [0.3, 0.4) is 0 Å². The van der Waals surface area contributed by atoms with E-state index in [0.717, 1.165) is 6.07 Å². The molecule has 1 aliphatic rings. The van der Waals surface area contributed by atoms with Crippen LogP contribution < -0.4 is 0 Å². The summed E-state index contributed by atoms with van der Waals surface area (Å²) in [4.78, 5) is 25.5. The Morgan fingerprint density at radius 3 is 2.52 bits per heavy atom. The molecule has 2 rings (SSSR count). The molecule has 1 fully saturated rings. The van der Waals surface area contributed by atoms with Crippen molar-refractivity contribution in [1.29, 1.82) is 0 Å². The highest BCUT2D eigenvalue weighted by atomic mass is 19.1. The lowest BCUT2D eigenvalue weighted by Gasteiger charge is -2.34. The minimum Gasteiger partial charge on any atom is -0.466 e. The molecule has 25 heavy (non-hydrogen) atoms. The summed E-state index contributed by atoms with van der Waals surface area (Å²) in [6, 6.07) is 3.32. The molecule has 1 saturated heterocycles. The number of carbonyl (C=O) groups excluding carboxylic acids is 2. The number of rotatable bonds is 5. The van der Waals surface area contributed by atoms with E-state index in [9.17, 15) is 18.4 Å². The monoisotopic (exact) mass is 355 g/mol. The predicted molar refractivity (Wildman–Crippen MR) is 86.6 cm³/mol. The molecule has 138 valence electrons. The number of ether oxygens (including phenoxy) is 2. The van der Waals surface area contributed by atoms with Crippen molar-refractivity contribution < 1.29 is 27.8 Å². The Bertz CT molecular complexity index is 662. The van der Waals surface area contributed by atoms with Crippen molar-refractivity contribution in [2.45, 2.75) is 39.3 Å². The fourth-order valence-corrected chi connectivity index (χ4v) is 3.27. The third kappa shape index (κ3) is 4.34. The lowest BCUT2D eigenvalue weighted by atomic mass is 9.88. The van der Waals surface area contributed by atoms with Gasteiger partial charge in [-0.15, -0.1) is 0 Å². The van der Waals surface area contributed by atoms with Crippen molar-refractivity contribution >= 4 is 11.9 Å². The zero-order valence-electron chi connectivity index (χ0n) is 14.8. The summed E-state index contributed by atoms with van der Waals surface area (Å²) in [5, 5.41) is 0. The van der Waals surface area contributed by atoms with E-state index in [-0.39, 0.29) is 25.3 Å². The highest BCUT2D eigenvalue weighted by Gasteiger charge is 2.46. The topological polar surface area (TPSA) is 55.8 Å². The maximum absolute atomic E-state index is 14.3. The van der Waals surface area contributed by atoms with Gasteiger partial charge in [-0.1, -0.05) is 6.07 Å². The number of carbonyl (C=O) groups is 2. The lowest BCUT2D eigenvalue weighted by Crippen LogP contribution is -2.46. The van der Waals surface area contributed by atoms with Gasteiger partial charge in [-0.2, -0.15) is 0 Å². The van der Waals surface area contributed by atoms with E-state index in [0.29, 0.717) is 0 Å². The standard InChI is InChI=1S/C18H23F2NO4/c1-5-24-17(23)15-10-21(18(3,4)25-11(2)22)9-14(15)13-7-6-12(19)8-16(13)20/h6-8,14-15H,5,9-10H2,1-4H3/t14-,15+/m0/s1. The van der Waals surface area contributed by atoms with Crippen LogP contribution in [0.1, 0.15) is 39.2 Å². The Hall–Kier alpha value is -2.02. The summed E-state index contributed by atoms with van der Waals surface area (Å²) in [6.07, 6.45) is 0. The Kier molecular flexibility index (Phi) is 5.77. The molecule has 0 amide bonds. The van der Waals surface area contributed by atoms with Gasteiger partial charge in [0.15, 0.2) is 5.72 Å². The van der Waals surface area contributed by atoms with E-state index < -0.39 is 41.1 Å². The van der Waals surface area contributed by atoms with Crippen molar-refractivity contribution in [1.82, 2.24) is 4.90 Å². The average molecular weight is 355 g/mol. The number of halogens is 2. The number of hydrogen-bond acceptors (Lipinski definition) is 5. The Labute approximate surface area is 145 Å². The van der Waals surface area contributed by atoms with Crippen LogP contribution in [0.4, 0.5) is 8.78 Å². The van der Waals surface area contributed by atoms with Crippen molar-refractivity contribution in [3.8, 4) is 0 Å². The zero-order chi connectivity index (χ0) is 18.8. The highest BCUT2D eigenvalue weighted by Crippen LogP contribution is 2.38. The van der Waals surface area contributed by atoms with Gasteiger partial charge in [0.25, 0.3) is 0 Å². The van der Waals surface area contributed by atoms with Crippen molar-refractivity contribution in [2.24, 2.45) is 5.92 Å². The molecule has 0 saturated carbocycles. The van der Waals surface area contributed by atoms with Gasteiger partial charge in [0.1, 0.15) is 11.6 Å². The molecule has 7 heteroatoms. The molecule has 1 aromatic carbocycles. The summed E-state index contributed by atoms with van der Waals surface area (Å²) < 4.78 is 37.9. The van der Waals surface area contributed by atoms with Crippen LogP contribution in [0, 0.1) is 17.6 Å². The quantitative estimate of drug-likeness (QED) is 0.760. The van der Waals surface area contributed by atoms with Crippen LogP contribution in [0.5, 0.6) is 0 Å². The molecular weight excluding hydrogens is 332 g/mol. The zero-order valence-corrected chi connectivity index (χ0v) is 14.8. The summed E-state index contributed by atoms with van der Waals surface area (Å²) in [7, 11) is 0. The summed E-state index contributed by atoms with van der Waals surface area (Å²) in [5.74, 6) is -3.42. The number of esters is 2. The van der Waals surface area contributed by atoms with Crippen LogP contribution in [-0.2, 0) is 19.1 Å². The Morgan fingerprint density at radius 1 is 1.28 bits per heavy atom. The van der Waals surface area contributed by atoms with Gasteiger partial charge >= 0.3 is 11.9 Å². The lowest BCUT2D eigenvalue weighted by molar-refractivity contribution is -0.172. The molecule has 0 aliphatic carbocycles. The Morgan fingerprint density at radius 2 is 1.96 bits per heavy atom. The smallest absolute Gasteiger partial charge is 0.310 e. The van der Waals surface area contributed by atoms with Crippen molar-refractivity contribution in [3.63, 3.8) is 0 Å². The maximum atomic E-state index is 14.3. The first-order valence-corrected chi connectivity index (χ1v) is 8.22. The molecule has 0 radical (unpaired) electrons. The molecule has 0 spiro atoms. The minimum absolute atomic E-state index is 0.210. The van der Waals surface area contributed by atoms with E-state index in [1.165, 1.54) is 19.1 Å². The first-order valence-electron chi connectivity index (χ1n) is 8.22. The minimum atomic E-state index is -0.957. The normalized spacial score (nSPS) is 21.2. The van der Waals surface area contributed by atoms with Gasteiger partial charge in [0.05, 0.1) is 12.5 Å². The van der Waals surface area contributed by atoms with Crippen molar-refractivity contribution in [2.75, 3.05) is 19.7 Å². The number of nitrogens with zero attached hydrogens (tertiary/aromatic N) is 1. The molecule has 2 atom stereocenters. The van der Waals surface area contributed by atoms with E-state index in [2.05, 4.69) is 0 Å². The van der Waals surface area contributed by atoms with E-state index >= 15 is 0 Å². The first kappa shape index (κ1) is 19.3. The van der Waals surface area contributed by atoms with E-state index in [4.69, 9.17) is 9.47 Å². The van der Waals surface area contributed by atoms with E-state index in [1.54, 1.807) is 25.7 Å². The SMILES string of the molecule is CCOC(=O)[C@@H]1CN(C(C)(C)OC(C)=O)C[C@H]1c1ccc(F)cc1F. The molecule has 1 aromatic rings. The van der Waals surface area contributed by atoms with Gasteiger partial charge in [0.2, 0.25) is 0 Å². The molecule has 1 aliphatic heterocycles. The molecular formula is C18H23F2NO4. The van der Waals surface area contributed by atoms with Gasteiger partial charge in [-0.3, -0.25) is 14.5 Å². The second kappa shape index (κ2) is 7.47. The van der Waals surface area contributed by atoms with Gasteiger partial charge in [-0.25, -0.2) is 8.78 Å². The second-order valence-electron chi connectivity index (χ2n) is 6.58. The van der Waals surface area contributed by atoms with Crippen LogP contribution in [0.25, 0.3) is 0 Å². The third-order valence-corrected chi connectivity index (χ3v) is 4.43. The van der Waals surface area contributed by atoms with E-state index in [1.807, 2.05) is 0 Å². The van der Waals surface area contributed by atoms with Crippen LogP contribution >= 0.6 is 0 Å². The second-order valence-corrected chi connectivity index (χ2v) is 6.58. The molecule has 0 unspecified atom stereocenters. The fraction of sp³-hybridized carbons (Fsp3) is 0.556. The van der Waals surface area contributed by atoms with Crippen LogP contribution in [0.15, 0.2) is 18.2 Å². The molecule has 0 N–H and O–H groups in total. The van der Waals surface area contributed by atoms with Gasteiger partial charge in [-0.05, 0) is 32.4 Å². The van der Waals surface area contributed by atoms with Crippen molar-refractivity contribution in [3.05, 3.63) is 35.4 Å². The molecule has 1 heterocycles. The molecule has 0 bridgehead atoms. The largest absolute Gasteiger partial charge is 0.466 e. The number of hydrogen-bond donors (Lipinski definition) is 0. The summed E-state index contributed by atoms with van der Waals surface area (Å²) in [5.41, 5.74) is -0.706. The third-order valence-electron chi connectivity index (χ3n) is 4.43. The fourth-order valence-electron chi connectivity index (χ4n) is 3.27. The molecule has 0 aromatic heterocycles. The summed E-state index contributed by atoms with van der Waals surface area (Å²) >= 11 is 0. The van der Waals surface area contributed by atoms with Crippen LogP contribution in [0.2, 0.25) is 0 Å². The maximum Gasteiger partial charge on any atom is 0.310 e. The summed E-state index contributed by atoms with van der Waals surface area (Å²) in [6.45, 7) is 7.16. The average Bonchev–Trinajstić information content (AvgIpc) is 2.92. The number of benzene rings is 1. The molecule has 5 nitrogen and oxygen atoms in total. The van der Waals surface area contributed by atoms with Gasteiger partial charge in [0, 0.05) is 32.0 Å². The van der Waals surface area contributed by atoms with Crippen LogP contribution in [-0.4, -0.2) is 42.3 Å². The predicted octanol–water partition coefficient (Wildman–Crippen LogP) is 2.84. The Balaban J connectivity index is 2.34. The van der Waals surface area contributed by atoms with Gasteiger partial charge < -0.3 is 9.47 Å². The first-order chi connectivity index (χ1) is 11.7. The highest BCUT2D eigenvalue weighted by molar-refractivity contribution is 5.74. The number of likely N-dealkylation sites (tertiary alicyclic amines) is 1.